The lowest BCUT2D eigenvalue weighted by molar-refractivity contribution is -0.137. The van der Waals surface area contributed by atoms with Gasteiger partial charge in [-0.05, 0) is 24.7 Å². The molecular formula is C18H22F3N5O2. The quantitative estimate of drug-likeness (QED) is 0.811. The van der Waals surface area contributed by atoms with Crippen molar-refractivity contribution in [1.82, 2.24) is 15.1 Å². The second-order valence-electron chi connectivity index (χ2n) is 6.71. The summed E-state index contributed by atoms with van der Waals surface area (Å²) in [5.41, 5.74) is -0.844. The van der Waals surface area contributed by atoms with Crippen LogP contribution in [0.4, 0.5) is 18.9 Å². The minimum atomic E-state index is -4.50. The molecule has 0 saturated carbocycles. The van der Waals surface area contributed by atoms with Gasteiger partial charge in [0.1, 0.15) is 6.04 Å². The number of guanidine groups is 1. The summed E-state index contributed by atoms with van der Waals surface area (Å²) in [4.78, 5) is 33.0. The highest BCUT2D eigenvalue weighted by molar-refractivity contribution is 6.06. The van der Waals surface area contributed by atoms with Crippen molar-refractivity contribution >= 4 is 23.5 Å². The lowest BCUT2D eigenvalue weighted by Gasteiger charge is -2.37. The van der Waals surface area contributed by atoms with Crippen LogP contribution in [0.1, 0.15) is 18.9 Å². The van der Waals surface area contributed by atoms with Crippen molar-refractivity contribution in [3.05, 3.63) is 29.8 Å². The highest BCUT2D eigenvalue weighted by atomic mass is 19.4. The lowest BCUT2D eigenvalue weighted by Crippen LogP contribution is -2.56. The molecule has 152 valence electrons. The zero-order valence-corrected chi connectivity index (χ0v) is 15.4. The highest BCUT2D eigenvalue weighted by Gasteiger charge is 2.32. The third kappa shape index (κ3) is 4.80. The van der Waals surface area contributed by atoms with Gasteiger partial charge in [-0.1, -0.05) is 13.0 Å². The molecule has 0 radical (unpaired) electrons. The van der Waals surface area contributed by atoms with Crippen LogP contribution in [0.25, 0.3) is 0 Å². The second-order valence-corrected chi connectivity index (χ2v) is 6.71. The molecule has 28 heavy (non-hydrogen) atoms. The summed E-state index contributed by atoms with van der Waals surface area (Å²) in [6.07, 6.45) is -4.65. The van der Waals surface area contributed by atoms with Crippen LogP contribution in [-0.4, -0.2) is 66.3 Å². The van der Waals surface area contributed by atoms with Gasteiger partial charge in [-0.3, -0.25) is 14.9 Å². The fraction of sp³-hybridized carbons (Fsp3) is 0.500. The van der Waals surface area contributed by atoms with Gasteiger partial charge in [0, 0.05) is 31.9 Å². The molecule has 1 aromatic rings. The Bertz CT molecular complexity index is 773. The number of nitrogens with zero attached hydrogens (tertiary/aromatic N) is 3. The molecular weight excluding hydrogens is 375 g/mol. The molecule has 0 aromatic heterocycles. The zero-order valence-electron chi connectivity index (χ0n) is 15.4. The maximum Gasteiger partial charge on any atom is 0.416 e. The Kier molecular flexibility index (Phi) is 5.87. The summed E-state index contributed by atoms with van der Waals surface area (Å²) < 4.78 is 38.5. The van der Waals surface area contributed by atoms with Crippen LogP contribution in [0.2, 0.25) is 0 Å². The van der Waals surface area contributed by atoms with E-state index < -0.39 is 23.7 Å². The molecule has 1 atom stereocenters. The van der Waals surface area contributed by atoms with Crippen molar-refractivity contribution in [2.75, 3.05) is 38.0 Å². The van der Waals surface area contributed by atoms with Gasteiger partial charge >= 0.3 is 6.18 Å². The van der Waals surface area contributed by atoms with E-state index in [0.717, 1.165) is 31.8 Å². The molecule has 1 fully saturated rings. The number of likely N-dealkylation sites (N-methyl/N-ethyl adjacent to an activating group) is 1. The van der Waals surface area contributed by atoms with Crippen LogP contribution < -0.4 is 10.6 Å². The average molecular weight is 397 g/mol. The standard InChI is InChI=1S/C18H22F3N5O2/c1-2-25-6-8-26(9-7-25)17-23-14(11-15(27)24-17)16(28)22-13-5-3-4-12(10-13)18(19,20)21/h3-5,10,14H,2,6-9,11H2,1H3,(H,22,28)(H,23,24,27). The van der Waals surface area contributed by atoms with Crippen LogP contribution in [0.5, 0.6) is 0 Å². The summed E-state index contributed by atoms with van der Waals surface area (Å²) >= 11 is 0. The van der Waals surface area contributed by atoms with E-state index in [-0.39, 0.29) is 18.0 Å². The van der Waals surface area contributed by atoms with Crippen molar-refractivity contribution in [3.8, 4) is 0 Å². The minimum absolute atomic E-state index is 0.0131. The number of hydrogen-bond donors (Lipinski definition) is 2. The molecule has 1 saturated heterocycles. The molecule has 1 unspecified atom stereocenters. The van der Waals surface area contributed by atoms with Crippen LogP contribution >= 0.6 is 0 Å². The number of amides is 2. The summed E-state index contributed by atoms with van der Waals surface area (Å²) in [7, 11) is 0. The molecule has 0 aliphatic carbocycles. The molecule has 1 aromatic carbocycles. The number of benzene rings is 1. The first-order valence-electron chi connectivity index (χ1n) is 9.09. The summed E-state index contributed by atoms with van der Waals surface area (Å²) in [5, 5.41) is 5.12. The number of carbonyl (C=O) groups excluding carboxylic acids is 2. The third-order valence-corrected chi connectivity index (χ3v) is 4.79. The van der Waals surface area contributed by atoms with Crippen molar-refractivity contribution in [2.24, 2.45) is 4.99 Å². The summed E-state index contributed by atoms with van der Waals surface area (Å²) in [6, 6.07) is 3.38. The molecule has 0 bridgehead atoms. The topological polar surface area (TPSA) is 77.0 Å². The van der Waals surface area contributed by atoms with Gasteiger partial charge < -0.3 is 15.1 Å². The number of anilines is 1. The van der Waals surface area contributed by atoms with Gasteiger partial charge in [-0.15, -0.1) is 0 Å². The maximum absolute atomic E-state index is 12.8. The summed E-state index contributed by atoms with van der Waals surface area (Å²) in [6.45, 7) is 6.02. The number of hydrogen-bond acceptors (Lipinski definition) is 5. The Morgan fingerprint density at radius 2 is 2.00 bits per heavy atom. The van der Waals surface area contributed by atoms with Gasteiger partial charge in [0.25, 0.3) is 0 Å². The van der Waals surface area contributed by atoms with E-state index in [2.05, 4.69) is 27.4 Å². The van der Waals surface area contributed by atoms with Crippen molar-refractivity contribution in [2.45, 2.75) is 25.6 Å². The molecule has 10 heteroatoms. The zero-order chi connectivity index (χ0) is 20.3. The van der Waals surface area contributed by atoms with Crippen molar-refractivity contribution in [1.29, 1.82) is 0 Å². The van der Waals surface area contributed by atoms with Gasteiger partial charge in [0.2, 0.25) is 17.8 Å². The smallest absolute Gasteiger partial charge is 0.340 e. The Morgan fingerprint density at radius 1 is 1.29 bits per heavy atom. The third-order valence-electron chi connectivity index (χ3n) is 4.79. The number of alkyl halides is 3. The molecule has 2 aliphatic rings. The van der Waals surface area contributed by atoms with Gasteiger partial charge in [-0.2, -0.15) is 13.2 Å². The first-order valence-corrected chi connectivity index (χ1v) is 9.09. The number of nitrogens with one attached hydrogen (secondary N) is 2. The Labute approximate surface area is 160 Å². The van der Waals surface area contributed by atoms with Gasteiger partial charge in [0.15, 0.2) is 0 Å². The number of carbonyl (C=O) groups is 2. The average Bonchev–Trinajstić information content (AvgIpc) is 2.67. The maximum atomic E-state index is 12.8. The molecule has 2 amide bonds. The van der Waals surface area contributed by atoms with E-state index in [1.165, 1.54) is 12.1 Å². The number of halogens is 3. The number of piperazine rings is 1. The van der Waals surface area contributed by atoms with Crippen LogP contribution in [0.15, 0.2) is 29.3 Å². The van der Waals surface area contributed by atoms with Gasteiger partial charge in [-0.25, -0.2) is 4.99 Å². The molecule has 2 aliphatic heterocycles. The molecule has 2 N–H and O–H groups in total. The molecule has 3 rings (SSSR count). The fourth-order valence-corrected chi connectivity index (χ4v) is 3.16. The lowest BCUT2D eigenvalue weighted by atomic mass is 10.1. The second kappa shape index (κ2) is 8.17. The van der Waals surface area contributed by atoms with Crippen molar-refractivity contribution < 1.29 is 22.8 Å². The molecule has 0 spiro atoms. The molecule has 7 nitrogen and oxygen atoms in total. The predicted octanol–water partition coefficient (Wildman–Crippen LogP) is 1.53. The first-order chi connectivity index (χ1) is 13.3. The van der Waals surface area contributed by atoms with E-state index in [9.17, 15) is 22.8 Å². The predicted molar refractivity (Wildman–Crippen MR) is 97.7 cm³/mol. The Balaban J connectivity index is 1.70. The van der Waals surface area contributed by atoms with Crippen LogP contribution in [0.3, 0.4) is 0 Å². The fourth-order valence-electron chi connectivity index (χ4n) is 3.16. The number of aliphatic imine (C=N–C) groups is 1. The largest absolute Gasteiger partial charge is 0.416 e. The Hall–Kier alpha value is -2.62. The number of rotatable bonds is 3. The van der Waals surface area contributed by atoms with Crippen molar-refractivity contribution in [3.63, 3.8) is 0 Å². The minimum Gasteiger partial charge on any atom is -0.340 e. The van der Waals surface area contributed by atoms with Crippen LogP contribution in [0, 0.1) is 0 Å². The SMILES string of the molecule is CCN1CCN(C2=NC(C(=O)Nc3cccc(C(F)(F)F)c3)CC(=O)N2)CC1. The normalized spacial score (nSPS) is 21.1. The van der Waals surface area contributed by atoms with Gasteiger partial charge in [0.05, 0.1) is 12.0 Å². The van der Waals surface area contributed by atoms with E-state index in [1.54, 1.807) is 0 Å². The molecule has 2 heterocycles. The van der Waals surface area contributed by atoms with E-state index >= 15 is 0 Å². The van der Waals surface area contributed by atoms with E-state index in [4.69, 9.17) is 0 Å². The first kappa shape index (κ1) is 20.1. The summed E-state index contributed by atoms with van der Waals surface area (Å²) in [5.74, 6) is -0.609. The van der Waals surface area contributed by atoms with Crippen LogP contribution in [-0.2, 0) is 15.8 Å². The highest BCUT2D eigenvalue weighted by Crippen LogP contribution is 2.30. The van der Waals surface area contributed by atoms with E-state index in [0.29, 0.717) is 19.0 Å². The Morgan fingerprint density at radius 3 is 2.64 bits per heavy atom. The van der Waals surface area contributed by atoms with E-state index in [1.807, 2.05) is 4.90 Å². The monoisotopic (exact) mass is 397 g/mol.